The summed E-state index contributed by atoms with van der Waals surface area (Å²) in [6, 6.07) is 10.3. The number of benzene rings is 1. The highest BCUT2D eigenvalue weighted by Crippen LogP contribution is 2.21. The third-order valence-corrected chi connectivity index (χ3v) is 1.59. The Kier molecular flexibility index (Phi) is 6.21. The Morgan fingerprint density at radius 3 is 1.40 bits per heavy atom. The molecule has 0 fully saturated rings. The maximum atomic E-state index is 11.2. The van der Waals surface area contributed by atoms with Crippen molar-refractivity contribution in [3.63, 3.8) is 0 Å². The zero-order valence-corrected chi connectivity index (χ0v) is 9.88. The largest absolute Gasteiger partial charge is 0.491 e. The summed E-state index contributed by atoms with van der Waals surface area (Å²) in [7, 11) is 0. The average molecular weight is 302 g/mol. The molecule has 0 aliphatic heterocycles. The van der Waals surface area contributed by atoms with E-state index in [0.29, 0.717) is 0 Å². The van der Waals surface area contributed by atoms with E-state index < -0.39 is 24.3 Å². The highest BCUT2D eigenvalue weighted by atomic mass is 19.4. The molecule has 1 aromatic carbocycles. The van der Waals surface area contributed by atoms with Crippen LogP contribution in [0.4, 0.5) is 26.3 Å². The Bertz CT molecular complexity index is 425. The lowest BCUT2D eigenvalue weighted by Gasteiger charge is -2.06. The minimum Gasteiger partial charge on any atom is -0.380 e. The normalized spacial score (nSPS) is 11.2. The summed E-state index contributed by atoms with van der Waals surface area (Å²) in [6.45, 7) is 2.08. The van der Waals surface area contributed by atoms with E-state index in [2.05, 4.69) is 23.8 Å². The Morgan fingerprint density at radius 1 is 0.850 bits per heavy atom. The molecule has 0 spiro atoms. The van der Waals surface area contributed by atoms with Crippen molar-refractivity contribution in [3.8, 4) is 0 Å². The van der Waals surface area contributed by atoms with E-state index in [0.717, 1.165) is 0 Å². The maximum Gasteiger partial charge on any atom is 0.491 e. The van der Waals surface area contributed by atoms with Crippen LogP contribution in [-0.2, 0) is 14.3 Å². The number of carbonyl (C=O) groups is 2. The first-order chi connectivity index (χ1) is 8.94. The number of hydrogen-bond donors (Lipinski definition) is 0. The zero-order chi connectivity index (χ0) is 16.0. The van der Waals surface area contributed by atoms with Gasteiger partial charge in [0.05, 0.1) is 0 Å². The Hall–Kier alpha value is -2.06. The van der Waals surface area contributed by atoms with Crippen molar-refractivity contribution >= 4 is 11.9 Å². The van der Waals surface area contributed by atoms with Gasteiger partial charge in [-0.2, -0.15) is 26.3 Å². The third-order valence-electron chi connectivity index (χ3n) is 1.59. The summed E-state index contributed by atoms with van der Waals surface area (Å²) >= 11 is 0. The monoisotopic (exact) mass is 302 g/mol. The van der Waals surface area contributed by atoms with Gasteiger partial charge >= 0.3 is 24.3 Å². The second-order valence-corrected chi connectivity index (χ2v) is 3.33. The van der Waals surface area contributed by atoms with Gasteiger partial charge < -0.3 is 4.74 Å². The lowest BCUT2D eigenvalue weighted by Crippen LogP contribution is -2.34. The minimum atomic E-state index is -5.62. The van der Waals surface area contributed by atoms with Crippen LogP contribution in [0.1, 0.15) is 5.56 Å². The summed E-state index contributed by atoms with van der Waals surface area (Å²) in [5, 5.41) is 0. The number of carbonyl (C=O) groups excluding carboxylic acids is 2. The molecule has 9 heteroatoms. The summed E-state index contributed by atoms with van der Waals surface area (Å²) in [5.74, 6) is -6.40. The summed E-state index contributed by atoms with van der Waals surface area (Å²) in [5.41, 5.74) is 1.32. The number of esters is 2. The van der Waals surface area contributed by atoms with E-state index in [1.54, 1.807) is 0 Å². The molecule has 3 nitrogen and oxygen atoms in total. The Morgan fingerprint density at radius 2 is 1.20 bits per heavy atom. The van der Waals surface area contributed by atoms with Gasteiger partial charge in [-0.1, -0.05) is 35.9 Å². The molecule has 0 aliphatic rings. The van der Waals surface area contributed by atoms with E-state index in [-0.39, 0.29) is 0 Å². The minimum absolute atomic E-state index is 1.32. The number of halogens is 6. The van der Waals surface area contributed by atoms with Crippen molar-refractivity contribution in [2.24, 2.45) is 0 Å². The van der Waals surface area contributed by atoms with Gasteiger partial charge in [-0.15, -0.1) is 0 Å². The fourth-order valence-electron chi connectivity index (χ4n) is 0.734. The zero-order valence-electron chi connectivity index (χ0n) is 9.88. The van der Waals surface area contributed by atoms with Gasteiger partial charge in [-0.05, 0) is 6.92 Å². The van der Waals surface area contributed by atoms with E-state index in [1.807, 2.05) is 18.2 Å². The first-order valence-electron chi connectivity index (χ1n) is 4.86. The molecule has 1 rings (SSSR count). The molecule has 20 heavy (non-hydrogen) atoms. The van der Waals surface area contributed by atoms with E-state index >= 15 is 0 Å². The van der Waals surface area contributed by atoms with Crippen LogP contribution in [0.25, 0.3) is 0 Å². The maximum absolute atomic E-state index is 11.2. The number of rotatable bonds is 0. The molecule has 0 radical (unpaired) electrons. The van der Waals surface area contributed by atoms with Gasteiger partial charge in [-0.25, -0.2) is 9.59 Å². The van der Waals surface area contributed by atoms with Gasteiger partial charge in [0.1, 0.15) is 0 Å². The van der Waals surface area contributed by atoms with Gasteiger partial charge in [0.15, 0.2) is 0 Å². The molecular formula is C11H8F6O3. The molecule has 112 valence electrons. The van der Waals surface area contributed by atoms with Crippen molar-refractivity contribution in [3.05, 3.63) is 35.9 Å². The van der Waals surface area contributed by atoms with Crippen molar-refractivity contribution in [2.45, 2.75) is 19.3 Å². The lowest BCUT2D eigenvalue weighted by molar-refractivity contribution is -0.221. The highest BCUT2D eigenvalue weighted by Gasteiger charge is 2.49. The van der Waals surface area contributed by atoms with Crippen molar-refractivity contribution in [1.29, 1.82) is 0 Å². The van der Waals surface area contributed by atoms with Crippen LogP contribution in [0.5, 0.6) is 0 Å². The fourth-order valence-corrected chi connectivity index (χ4v) is 0.734. The van der Waals surface area contributed by atoms with E-state index in [9.17, 15) is 35.9 Å². The molecule has 0 aromatic heterocycles. The van der Waals surface area contributed by atoms with Crippen LogP contribution in [-0.4, -0.2) is 24.3 Å². The van der Waals surface area contributed by atoms with Crippen LogP contribution < -0.4 is 0 Å². The topological polar surface area (TPSA) is 43.4 Å². The van der Waals surface area contributed by atoms with Crippen molar-refractivity contribution in [2.75, 3.05) is 0 Å². The van der Waals surface area contributed by atoms with Gasteiger partial charge in [0.2, 0.25) is 0 Å². The SMILES string of the molecule is Cc1ccccc1.O=C(OC(=O)C(F)(F)F)C(F)(F)F. The van der Waals surface area contributed by atoms with E-state index in [1.165, 1.54) is 5.56 Å². The van der Waals surface area contributed by atoms with Crippen molar-refractivity contribution in [1.82, 2.24) is 0 Å². The molecule has 0 saturated heterocycles. The smallest absolute Gasteiger partial charge is 0.380 e. The van der Waals surface area contributed by atoms with Crippen molar-refractivity contribution < 1.29 is 40.7 Å². The molecule has 0 unspecified atom stereocenters. The second-order valence-electron chi connectivity index (χ2n) is 3.33. The molecule has 0 saturated carbocycles. The van der Waals surface area contributed by atoms with Crippen LogP contribution in [0.15, 0.2) is 30.3 Å². The Labute approximate surface area is 109 Å². The molecule has 1 aromatic rings. The highest BCUT2D eigenvalue weighted by molar-refractivity contribution is 5.90. The third kappa shape index (κ3) is 7.39. The standard InChI is InChI=1S/C7H8.C4F6O3/c1-7-5-3-2-4-6-7;5-3(6,7)1(11)13-2(12)4(8,9)10/h2-6H,1H3;. The summed E-state index contributed by atoms with van der Waals surface area (Å²) in [4.78, 5) is 19.3. The van der Waals surface area contributed by atoms with Gasteiger partial charge in [0, 0.05) is 0 Å². The molecule has 0 amide bonds. The van der Waals surface area contributed by atoms with Gasteiger partial charge in [-0.3, -0.25) is 0 Å². The molecule has 0 heterocycles. The van der Waals surface area contributed by atoms with E-state index in [4.69, 9.17) is 0 Å². The molecular weight excluding hydrogens is 294 g/mol. The number of alkyl halides is 6. The fraction of sp³-hybridized carbons (Fsp3) is 0.273. The lowest BCUT2D eigenvalue weighted by atomic mass is 10.2. The quantitative estimate of drug-likeness (QED) is 0.420. The molecule has 0 bridgehead atoms. The Balaban J connectivity index is 0.000000428. The number of ether oxygens (including phenoxy) is 1. The van der Waals surface area contributed by atoms with Crippen LogP contribution in [0.2, 0.25) is 0 Å². The molecule has 0 atom stereocenters. The molecule has 0 N–H and O–H groups in total. The predicted octanol–water partition coefficient (Wildman–Crippen LogP) is 3.18. The van der Waals surface area contributed by atoms with Gasteiger partial charge in [0.25, 0.3) is 0 Å². The number of hydrogen-bond acceptors (Lipinski definition) is 3. The first-order valence-corrected chi connectivity index (χ1v) is 4.86. The number of aryl methyl sites for hydroxylation is 1. The van der Waals surface area contributed by atoms with Crippen LogP contribution in [0.3, 0.4) is 0 Å². The predicted molar refractivity (Wildman–Crippen MR) is 54.4 cm³/mol. The molecule has 0 aliphatic carbocycles. The van der Waals surface area contributed by atoms with Crippen LogP contribution in [0, 0.1) is 6.92 Å². The second kappa shape index (κ2) is 6.92. The average Bonchev–Trinajstić information content (AvgIpc) is 2.28. The summed E-state index contributed by atoms with van der Waals surface area (Å²) in [6.07, 6.45) is -11.2. The van der Waals surface area contributed by atoms with Crippen LogP contribution >= 0.6 is 0 Å². The summed E-state index contributed by atoms with van der Waals surface area (Å²) < 4.78 is 69.7. The first kappa shape index (κ1) is 17.9.